The third-order valence-corrected chi connectivity index (χ3v) is 10.2. The minimum absolute atomic E-state index is 0. The van der Waals surface area contributed by atoms with Crippen molar-refractivity contribution in [2.75, 3.05) is 78.1 Å². The number of benzene rings is 3. The monoisotopic (exact) mass is 778 g/mol. The number of carbonyl (C=O) groups excluding carboxylic acids is 1. The number of quaternary nitrogens is 1. The highest BCUT2D eigenvalue weighted by molar-refractivity contribution is 6.08. The van der Waals surface area contributed by atoms with Crippen molar-refractivity contribution in [1.82, 2.24) is 9.47 Å². The number of fused-ring (bicyclic) bond motifs is 4. The zero-order valence-corrected chi connectivity index (χ0v) is 31.3. The van der Waals surface area contributed by atoms with Crippen molar-refractivity contribution in [2.24, 2.45) is 0 Å². The highest BCUT2D eigenvalue weighted by Crippen LogP contribution is 2.30. The van der Waals surface area contributed by atoms with Crippen LogP contribution in [-0.2, 0) is 0 Å². The van der Waals surface area contributed by atoms with E-state index < -0.39 is 23.0 Å². The number of ether oxygens (including phenoxy) is 3. The van der Waals surface area contributed by atoms with Crippen LogP contribution in [-0.4, -0.2) is 93.0 Å². The van der Waals surface area contributed by atoms with Crippen molar-refractivity contribution in [2.45, 2.75) is 32.1 Å². The molecule has 7 rings (SSSR count). The van der Waals surface area contributed by atoms with E-state index in [9.17, 15) is 18.4 Å². The van der Waals surface area contributed by atoms with Crippen molar-refractivity contribution in [1.29, 1.82) is 0 Å². The summed E-state index contributed by atoms with van der Waals surface area (Å²) in [6.07, 6.45) is 12.6. The molecule has 0 spiro atoms. The number of anilines is 1. The average molecular weight is 780 g/mol. The minimum atomic E-state index is -0.884. The lowest BCUT2D eigenvalue weighted by Crippen LogP contribution is -3.00. The summed E-state index contributed by atoms with van der Waals surface area (Å²) in [4.78, 5) is 31.5. The molecule has 0 aliphatic carbocycles. The number of terminal acetylenes is 1. The van der Waals surface area contributed by atoms with Crippen molar-refractivity contribution < 1.29 is 49.3 Å². The van der Waals surface area contributed by atoms with E-state index in [1.807, 2.05) is 0 Å². The van der Waals surface area contributed by atoms with Gasteiger partial charge in [0.05, 0.1) is 70.4 Å². The van der Waals surface area contributed by atoms with E-state index in [0.29, 0.717) is 41.1 Å². The second-order valence-electron chi connectivity index (χ2n) is 13.4. The zero-order chi connectivity index (χ0) is 36.0. The molecule has 276 valence electrons. The van der Waals surface area contributed by atoms with E-state index in [0.717, 1.165) is 29.9 Å². The molecule has 3 aliphatic rings. The van der Waals surface area contributed by atoms with Gasteiger partial charge in [0.25, 0.3) is 5.91 Å². The average Bonchev–Trinajstić information content (AvgIpc) is 3.14. The van der Waals surface area contributed by atoms with E-state index in [4.69, 9.17) is 20.6 Å². The molecular weight excluding hydrogens is 734 g/mol. The Balaban J connectivity index is 0.00000523. The van der Waals surface area contributed by atoms with Crippen LogP contribution in [0.1, 0.15) is 42.5 Å². The SMILES string of the molecule is C#CCN(C(=O)c1cn(-c2cc(OC)cc(OC)c2)c2cc(OCCCCCCC[N+]34CCN(CC3)CC4)ccc2c1=O)c1cc(F)cc(F)c1.[Br-]. The van der Waals surface area contributed by atoms with Gasteiger partial charge >= 0.3 is 0 Å². The third kappa shape index (κ3) is 8.77. The molecule has 1 aromatic heterocycles. The molecular formula is C40H45BrF2N4O5. The van der Waals surface area contributed by atoms with Crippen LogP contribution in [0.2, 0.25) is 0 Å². The van der Waals surface area contributed by atoms with Gasteiger partial charge in [-0.2, -0.15) is 0 Å². The number of halogens is 3. The fourth-order valence-electron chi connectivity index (χ4n) is 7.24. The van der Waals surface area contributed by atoms with Crippen molar-refractivity contribution in [3.8, 4) is 35.3 Å². The fourth-order valence-corrected chi connectivity index (χ4v) is 7.24. The van der Waals surface area contributed by atoms with E-state index >= 15 is 0 Å². The Kier molecular flexibility index (Phi) is 13.0. The van der Waals surface area contributed by atoms with Crippen LogP contribution in [0.25, 0.3) is 16.6 Å². The van der Waals surface area contributed by atoms with Gasteiger partial charge in [-0.25, -0.2) is 8.78 Å². The van der Waals surface area contributed by atoms with Crippen LogP contribution in [0.4, 0.5) is 14.5 Å². The van der Waals surface area contributed by atoms with Gasteiger partial charge in [0.1, 0.15) is 34.4 Å². The van der Waals surface area contributed by atoms with E-state index in [1.165, 1.54) is 90.0 Å². The summed E-state index contributed by atoms with van der Waals surface area (Å²) in [6, 6.07) is 13.0. The van der Waals surface area contributed by atoms with Gasteiger partial charge in [0.15, 0.2) is 0 Å². The second-order valence-corrected chi connectivity index (χ2v) is 13.4. The molecule has 4 aromatic rings. The molecule has 3 aromatic carbocycles. The smallest absolute Gasteiger partial charge is 0.264 e. The van der Waals surface area contributed by atoms with Gasteiger partial charge in [-0.05, 0) is 43.5 Å². The molecule has 3 aliphatic heterocycles. The number of pyridine rings is 1. The highest BCUT2D eigenvalue weighted by atomic mass is 79.9. The summed E-state index contributed by atoms with van der Waals surface area (Å²) in [5, 5.41) is 0.238. The first-order chi connectivity index (χ1) is 24.7. The molecule has 1 amide bonds. The second kappa shape index (κ2) is 17.4. The van der Waals surface area contributed by atoms with Crippen LogP contribution in [0.15, 0.2) is 65.6 Å². The Morgan fingerprint density at radius 1 is 0.865 bits per heavy atom. The molecule has 52 heavy (non-hydrogen) atoms. The number of rotatable bonds is 15. The number of aromatic nitrogens is 1. The molecule has 3 fully saturated rings. The predicted molar refractivity (Wildman–Crippen MR) is 194 cm³/mol. The molecule has 12 heteroatoms. The summed E-state index contributed by atoms with van der Waals surface area (Å²) < 4.78 is 48.5. The molecule has 2 bridgehead atoms. The van der Waals surface area contributed by atoms with E-state index in [-0.39, 0.29) is 40.2 Å². The van der Waals surface area contributed by atoms with E-state index in [2.05, 4.69) is 10.8 Å². The quantitative estimate of drug-likeness (QED) is 0.105. The van der Waals surface area contributed by atoms with Gasteiger partial charge in [-0.15, -0.1) is 6.42 Å². The van der Waals surface area contributed by atoms with Crippen molar-refractivity contribution in [3.63, 3.8) is 0 Å². The maximum absolute atomic E-state index is 14.2. The molecule has 0 saturated carbocycles. The number of hydrogen-bond acceptors (Lipinski definition) is 6. The Morgan fingerprint density at radius 3 is 2.13 bits per heavy atom. The summed E-state index contributed by atoms with van der Waals surface area (Å²) in [6.45, 7) is 9.15. The topological polar surface area (TPSA) is 73.2 Å². The number of unbranched alkanes of at least 4 members (excludes halogenated alkanes) is 4. The largest absolute Gasteiger partial charge is 1.00 e. The Hall–Kier alpha value is -4.44. The lowest BCUT2D eigenvalue weighted by atomic mass is 10.1. The standard InChI is InChI=1S/C40H45F2N4O5.BrH/c1-4-12-44(31-22-29(41)21-30(42)23-31)40(48)37-28-45(32-24-34(49-2)26-35(25-32)50-3)38-27-33(10-11-36(38)39(37)47)51-20-9-7-5-6-8-16-46-17-13-43(14-18-46)15-19-46;/h1,10-11,21-28H,5-9,12-20H2,2-3H3;1H/q+1;/p-1. The van der Waals surface area contributed by atoms with Crippen LogP contribution in [0.5, 0.6) is 17.2 Å². The van der Waals surface area contributed by atoms with Gasteiger partial charge < -0.3 is 40.2 Å². The van der Waals surface area contributed by atoms with Gasteiger partial charge in [0, 0.05) is 61.5 Å². The van der Waals surface area contributed by atoms with Crippen molar-refractivity contribution >= 4 is 22.5 Å². The van der Waals surface area contributed by atoms with Gasteiger partial charge in [0.2, 0.25) is 5.43 Å². The predicted octanol–water partition coefficient (Wildman–Crippen LogP) is 3.05. The Morgan fingerprint density at radius 2 is 1.50 bits per heavy atom. The lowest BCUT2D eigenvalue weighted by molar-refractivity contribution is -0.941. The molecule has 0 atom stereocenters. The van der Waals surface area contributed by atoms with Crippen LogP contribution >= 0.6 is 0 Å². The molecule has 3 saturated heterocycles. The maximum atomic E-state index is 14.2. The summed E-state index contributed by atoms with van der Waals surface area (Å²) in [5.74, 6) is 1.33. The van der Waals surface area contributed by atoms with Crippen LogP contribution < -0.4 is 41.5 Å². The van der Waals surface area contributed by atoms with E-state index in [1.54, 1.807) is 41.0 Å². The number of hydrogen-bond donors (Lipinski definition) is 0. The number of carbonyl (C=O) groups is 1. The Bertz CT molecular complexity index is 1930. The number of piperazine rings is 3. The minimum Gasteiger partial charge on any atom is -1.00 e. The van der Waals surface area contributed by atoms with Gasteiger partial charge in [-0.3, -0.25) is 19.4 Å². The number of nitrogens with zero attached hydrogens (tertiary/aromatic N) is 4. The summed E-state index contributed by atoms with van der Waals surface area (Å²) in [5.41, 5.74) is 0.103. The molecule has 0 N–H and O–H groups in total. The highest BCUT2D eigenvalue weighted by Gasteiger charge is 2.37. The summed E-state index contributed by atoms with van der Waals surface area (Å²) >= 11 is 0. The molecule has 0 radical (unpaired) electrons. The van der Waals surface area contributed by atoms with Crippen LogP contribution in [0.3, 0.4) is 0 Å². The lowest BCUT2D eigenvalue weighted by Gasteiger charge is -2.50. The zero-order valence-electron chi connectivity index (χ0n) is 29.7. The normalized spacial score (nSPS) is 17.6. The fraction of sp³-hybridized carbons (Fsp3) is 0.400. The number of methoxy groups -OCH3 is 2. The summed E-state index contributed by atoms with van der Waals surface area (Å²) in [7, 11) is 3.05. The number of amides is 1. The molecule has 4 heterocycles. The van der Waals surface area contributed by atoms with Gasteiger partial charge in [-0.1, -0.05) is 18.8 Å². The first-order valence-electron chi connectivity index (χ1n) is 17.6. The van der Waals surface area contributed by atoms with Crippen molar-refractivity contribution in [3.05, 3.63) is 88.2 Å². The maximum Gasteiger partial charge on any atom is 0.264 e. The first kappa shape index (κ1) is 38.8. The molecule has 0 unspecified atom stereocenters. The third-order valence-electron chi connectivity index (χ3n) is 10.2. The first-order valence-corrected chi connectivity index (χ1v) is 17.6. The van der Waals surface area contributed by atoms with Crippen LogP contribution in [0, 0.1) is 24.0 Å². The Labute approximate surface area is 314 Å². The molecule has 9 nitrogen and oxygen atoms in total.